The first-order valence-corrected chi connectivity index (χ1v) is 16.9. The van der Waals surface area contributed by atoms with Crippen LogP contribution in [0.5, 0.6) is 0 Å². The molecule has 0 aliphatic heterocycles. The standard InChI is InChI=1S/C15H29Si3/c1-15(2,3)16(17(4,5)6)18(7,8)14-12-10-9-11-13-14/h9-13H,1-8H3. The molecule has 0 nitrogen and oxygen atoms in total. The van der Waals surface area contributed by atoms with Crippen molar-refractivity contribution < 1.29 is 0 Å². The fourth-order valence-corrected chi connectivity index (χ4v) is 48.9. The lowest BCUT2D eigenvalue weighted by molar-refractivity contribution is 0.754. The monoisotopic (exact) mass is 293 g/mol. The van der Waals surface area contributed by atoms with Crippen LogP contribution in [0.4, 0.5) is 0 Å². The van der Waals surface area contributed by atoms with E-state index in [2.05, 4.69) is 83.8 Å². The summed E-state index contributed by atoms with van der Waals surface area (Å²) in [5.41, 5.74) is 0. The van der Waals surface area contributed by atoms with Gasteiger partial charge in [0.05, 0.1) is 7.59 Å². The molecule has 0 fully saturated rings. The third kappa shape index (κ3) is 3.46. The zero-order valence-electron chi connectivity index (χ0n) is 13.4. The molecular formula is C15H29Si3. The van der Waals surface area contributed by atoms with Gasteiger partial charge in [0.1, 0.15) is 0 Å². The number of hydrogen-bond acceptors (Lipinski definition) is 0. The lowest BCUT2D eigenvalue weighted by Gasteiger charge is -2.47. The first-order chi connectivity index (χ1) is 7.97. The van der Waals surface area contributed by atoms with Crippen molar-refractivity contribution in [2.24, 2.45) is 0 Å². The van der Waals surface area contributed by atoms with Crippen LogP contribution >= 0.6 is 0 Å². The fourth-order valence-electron chi connectivity index (χ4n) is 4.00. The van der Waals surface area contributed by atoms with Gasteiger partial charge in [-0.05, 0) is 5.04 Å². The molecule has 18 heavy (non-hydrogen) atoms. The van der Waals surface area contributed by atoms with Gasteiger partial charge in [0, 0.05) is 15.4 Å². The van der Waals surface area contributed by atoms with Crippen molar-refractivity contribution in [3.8, 4) is 0 Å². The van der Waals surface area contributed by atoms with E-state index in [1.165, 1.54) is 0 Å². The van der Waals surface area contributed by atoms with Crippen LogP contribution in [0.15, 0.2) is 30.3 Å². The predicted molar refractivity (Wildman–Crippen MR) is 92.4 cm³/mol. The van der Waals surface area contributed by atoms with Gasteiger partial charge in [0.25, 0.3) is 0 Å². The summed E-state index contributed by atoms with van der Waals surface area (Å²) in [6, 6.07) is 11.3. The third-order valence-corrected chi connectivity index (χ3v) is 35.6. The molecule has 0 bridgehead atoms. The highest BCUT2D eigenvalue weighted by molar-refractivity contribution is 7.63. The number of hydrogen-bond donors (Lipinski definition) is 0. The summed E-state index contributed by atoms with van der Waals surface area (Å²) in [5.74, 6) is 0. The molecule has 1 radical (unpaired) electrons. The van der Waals surface area contributed by atoms with Crippen LogP contribution < -0.4 is 5.19 Å². The number of benzene rings is 1. The van der Waals surface area contributed by atoms with Crippen molar-refractivity contribution >= 4 is 28.2 Å². The van der Waals surface area contributed by atoms with Gasteiger partial charge in [-0.3, -0.25) is 0 Å². The summed E-state index contributed by atoms with van der Waals surface area (Å²) < 4.78 is 0. The molecule has 0 saturated heterocycles. The van der Waals surface area contributed by atoms with Crippen LogP contribution in [0.25, 0.3) is 0 Å². The van der Waals surface area contributed by atoms with Crippen LogP contribution in [0.3, 0.4) is 0 Å². The Bertz CT molecular complexity index is 368. The molecule has 0 unspecified atom stereocenters. The van der Waals surface area contributed by atoms with Gasteiger partial charge in [0.15, 0.2) is 0 Å². The van der Waals surface area contributed by atoms with Crippen molar-refractivity contribution in [1.29, 1.82) is 0 Å². The minimum absolute atomic E-state index is 0.326. The Kier molecular flexibility index (Phi) is 4.51. The fraction of sp³-hybridized carbons (Fsp3) is 0.600. The SMILES string of the molecule is CC(C)(C)[Si]([Si](C)(C)C)[Si](C)(C)c1ccccc1. The van der Waals surface area contributed by atoms with Crippen molar-refractivity contribution in [3.05, 3.63) is 30.3 Å². The highest BCUT2D eigenvalue weighted by Crippen LogP contribution is 2.37. The third-order valence-electron chi connectivity index (χ3n) is 3.62. The molecule has 0 saturated carbocycles. The molecule has 0 aromatic heterocycles. The summed E-state index contributed by atoms with van der Waals surface area (Å²) in [7, 11) is -2.72. The Morgan fingerprint density at radius 1 is 0.833 bits per heavy atom. The van der Waals surface area contributed by atoms with E-state index < -0.39 is 15.2 Å². The van der Waals surface area contributed by atoms with Crippen LogP contribution in [-0.2, 0) is 0 Å². The first kappa shape index (κ1) is 15.9. The molecule has 3 heteroatoms. The van der Waals surface area contributed by atoms with Gasteiger partial charge in [-0.25, -0.2) is 0 Å². The Morgan fingerprint density at radius 3 is 1.61 bits per heavy atom. The van der Waals surface area contributed by atoms with Crippen molar-refractivity contribution in [3.63, 3.8) is 0 Å². The highest BCUT2D eigenvalue weighted by atomic mass is 29.6. The van der Waals surface area contributed by atoms with Crippen molar-refractivity contribution in [1.82, 2.24) is 0 Å². The molecule has 0 amide bonds. The van der Waals surface area contributed by atoms with Gasteiger partial charge in [-0.15, -0.1) is 0 Å². The first-order valence-electron chi connectivity index (χ1n) is 6.91. The smallest absolute Gasteiger partial charge is 0.0696 e. The molecule has 0 spiro atoms. The Hall–Kier alpha value is -0.129. The second kappa shape index (κ2) is 5.10. The summed E-state index contributed by atoms with van der Waals surface area (Å²) in [6.07, 6.45) is 0. The van der Waals surface area contributed by atoms with Gasteiger partial charge >= 0.3 is 0 Å². The summed E-state index contributed by atoms with van der Waals surface area (Å²) >= 11 is 0. The summed E-state index contributed by atoms with van der Waals surface area (Å²) in [4.78, 5) is 0. The van der Waals surface area contributed by atoms with Gasteiger partial charge in [-0.1, -0.05) is 89.0 Å². The lowest BCUT2D eigenvalue weighted by Crippen LogP contribution is -2.69. The van der Waals surface area contributed by atoms with E-state index in [-0.39, 0.29) is 7.83 Å². The van der Waals surface area contributed by atoms with E-state index in [1.54, 1.807) is 5.19 Å². The maximum Gasteiger partial charge on any atom is 0.0696 e. The number of rotatable bonds is 3. The van der Waals surface area contributed by atoms with E-state index in [1.807, 2.05) is 0 Å². The molecular weight excluding hydrogens is 264 g/mol. The largest absolute Gasteiger partial charge is 0.0718 e. The zero-order valence-corrected chi connectivity index (χ0v) is 16.4. The molecule has 0 heterocycles. The molecule has 0 aliphatic carbocycles. The van der Waals surface area contributed by atoms with Gasteiger partial charge < -0.3 is 0 Å². The summed E-state index contributed by atoms with van der Waals surface area (Å²) in [6.45, 7) is 20.4. The van der Waals surface area contributed by atoms with Gasteiger partial charge in [-0.2, -0.15) is 0 Å². The van der Waals surface area contributed by atoms with Crippen LogP contribution in [0, 0.1) is 0 Å². The average molecular weight is 294 g/mol. The molecule has 101 valence electrons. The lowest BCUT2D eigenvalue weighted by atomic mass is 10.3. The Labute approximate surface area is 117 Å². The van der Waals surface area contributed by atoms with E-state index in [0.29, 0.717) is 5.04 Å². The second-order valence-corrected chi connectivity index (χ2v) is 31.2. The molecule has 0 N–H and O–H groups in total. The van der Waals surface area contributed by atoms with Crippen molar-refractivity contribution in [2.75, 3.05) is 0 Å². The zero-order chi connectivity index (χ0) is 14.2. The maximum absolute atomic E-state index is 2.61. The Balaban J connectivity index is 3.30. The van der Waals surface area contributed by atoms with Crippen LogP contribution in [-0.4, -0.2) is 23.0 Å². The predicted octanol–water partition coefficient (Wildman–Crippen LogP) is 4.39. The molecule has 1 aromatic carbocycles. The average Bonchev–Trinajstić information content (AvgIpc) is 2.13. The van der Waals surface area contributed by atoms with Gasteiger partial charge in [0.2, 0.25) is 0 Å². The van der Waals surface area contributed by atoms with E-state index in [9.17, 15) is 0 Å². The van der Waals surface area contributed by atoms with E-state index in [4.69, 9.17) is 0 Å². The van der Waals surface area contributed by atoms with Crippen molar-refractivity contribution in [2.45, 2.75) is 58.5 Å². The van der Waals surface area contributed by atoms with E-state index >= 15 is 0 Å². The minimum atomic E-state index is -1.32. The maximum atomic E-state index is 2.61. The topological polar surface area (TPSA) is 0 Å². The molecule has 1 aromatic rings. The summed E-state index contributed by atoms with van der Waals surface area (Å²) in [5, 5.41) is 2.18. The molecule has 0 aliphatic rings. The quantitative estimate of drug-likeness (QED) is 0.725. The minimum Gasteiger partial charge on any atom is -0.0718 e. The van der Waals surface area contributed by atoms with Crippen LogP contribution in [0.1, 0.15) is 20.8 Å². The Morgan fingerprint density at radius 2 is 1.28 bits per heavy atom. The highest BCUT2D eigenvalue weighted by Gasteiger charge is 2.49. The molecule has 0 atom stereocenters. The van der Waals surface area contributed by atoms with Crippen LogP contribution in [0.2, 0.25) is 37.8 Å². The molecule has 1 rings (SSSR count). The normalized spacial score (nSPS) is 14.1. The van der Waals surface area contributed by atoms with E-state index in [0.717, 1.165) is 0 Å². The second-order valence-electron chi connectivity index (χ2n) is 7.87.